The van der Waals surface area contributed by atoms with Crippen molar-refractivity contribution < 1.29 is 4.74 Å². The van der Waals surface area contributed by atoms with Gasteiger partial charge in [-0.05, 0) is 18.0 Å². The second-order valence-corrected chi connectivity index (χ2v) is 5.73. The van der Waals surface area contributed by atoms with Crippen LogP contribution in [0.4, 0.5) is 11.8 Å². The molecule has 6 nitrogen and oxygen atoms in total. The standard InChI is InChI=1S/C13H19N5OS/c1-2-18-4-5-19-9(8-18)7-15-11-10-3-6-20-12(10)17-13(14)16-11/h3,6,9H,2,4-5,7-8H2,1H3,(H3,14,15,16,17). The van der Waals surface area contributed by atoms with Gasteiger partial charge in [-0.3, -0.25) is 4.90 Å². The highest BCUT2D eigenvalue weighted by atomic mass is 32.1. The van der Waals surface area contributed by atoms with Crippen LogP contribution < -0.4 is 11.1 Å². The number of rotatable bonds is 4. The molecule has 108 valence electrons. The highest BCUT2D eigenvalue weighted by Crippen LogP contribution is 2.25. The zero-order valence-corrected chi connectivity index (χ0v) is 12.3. The van der Waals surface area contributed by atoms with E-state index in [0.717, 1.165) is 48.8 Å². The summed E-state index contributed by atoms with van der Waals surface area (Å²) in [6.07, 6.45) is 0.188. The molecule has 0 saturated carbocycles. The van der Waals surface area contributed by atoms with Crippen molar-refractivity contribution in [3.05, 3.63) is 11.4 Å². The van der Waals surface area contributed by atoms with Gasteiger partial charge in [0.15, 0.2) is 0 Å². The molecule has 2 aromatic rings. The molecule has 0 radical (unpaired) electrons. The number of aromatic nitrogens is 2. The van der Waals surface area contributed by atoms with Gasteiger partial charge >= 0.3 is 0 Å². The Morgan fingerprint density at radius 1 is 1.55 bits per heavy atom. The molecule has 3 rings (SSSR count). The lowest BCUT2D eigenvalue weighted by Gasteiger charge is -2.32. The highest BCUT2D eigenvalue weighted by molar-refractivity contribution is 7.16. The summed E-state index contributed by atoms with van der Waals surface area (Å²) in [5.74, 6) is 1.10. The van der Waals surface area contributed by atoms with Gasteiger partial charge in [0.1, 0.15) is 10.6 Å². The number of likely N-dealkylation sites (N-methyl/N-ethyl adjacent to an activating group) is 1. The zero-order valence-electron chi connectivity index (χ0n) is 11.5. The highest BCUT2D eigenvalue weighted by Gasteiger charge is 2.19. The summed E-state index contributed by atoms with van der Waals surface area (Å²) in [5, 5.41) is 6.37. The van der Waals surface area contributed by atoms with Crippen molar-refractivity contribution in [1.82, 2.24) is 14.9 Å². The van der Waals surface area contributed by atoms with Crippen molar-refractivity contribution in [2.24, 2.45) is 0 Å². The Morgan fingerprint density at radius 2 is 2.45 bits per heavy atom. The molecule has 1 saturated heterocycles. The van der Waals surface area contributed by atoms with Crippen molar-refractivity contribution in [2.75, 3.05) is 43.8 Å². The number of hydrogen-bond acceptors (Lipinski definition) is 7. The van der Waals surface area contributed by atoms with E-state index in [0.29, 0.717) is 5.95 Å². The van der Waals surface area contributed by atoms with Gasteiger partial charge in [-0.25, -0.2) is 4.98 Å². The van der Waals surface area contributed by atoms with E-state index in [1.54, 1.807) is 11.3 Å². The maximum Gasteiger partial charge on any atom is 0.223 e. The second-order valence-electron chi connectivity index (χ2n) is 4.84. The molecule has 0 amide bonds. The molecule has 0 aromatic carbocycles. The van der Waals surface area contributed by atoms with E-state index >= 15 is 0 Å². The third-order valence-electron chi connectivity index (χ3n) is 3.51. The molecule has 1 atom stereocenters. The number of thiophene rings is 1. The smallest absolute Gasteiger partial charge is 0.223 e. The summed E-state index contributed by atoms with van der Waals surface area (Å²) >= 11 is 1.57. The van der Waals surface area contributed by atoms with Gasteiger partial charge in [-0.1, -0.05) is 6.92 Å². The lowest BCUT2D eigenvalue weighted by Crippen LogP contribution is -2.45. The fourth-order valence-corrected chi connectivity index (χ4v) is 3.18. The van der Waals surface area contributed by atoms with E-state index < -0.39 is 0 Å². The molecular weight excluding hydrogens is 274 g/mol. The number of ether oxygens (including phenoxy) is 1. The fraction of sp³-hybridized carbons (Fsp3) is 0.538. The maximum atomic E-state index is 5.78. The molecule has 0 spiro atoms. The number of nitrogens with two attached hydrogens (primary N) is 1. The average molecular weight is 293 g/mol. The lowest BCUT2D eigenvalue weighted by atomic mass is 10.2. The van der Waals surface area contributed by atoms with Crippen LogP contribution in [0.5, 0.6) is 0 Å². The van der Waals surface area contributed by atoms with Crippen LogP contribution in [0.25, 0.3) is 10.2 Å². The Bertz CT molecular complexity index is 587. The summed E-state index contributed by atoms with van der Waals surface area (Å²) in [7, 11) is 0. The predicted molar refractivity (Wildman–Crippen MR) is 82.2 cm³/mol. The summed E-state index contributed by atoms with van der Waals surface area (Å²) in [5.41, 5.74) is 5.74. The third kappa shape index (κ3) is 2.84. The molecule has 1 fully saturated rings. The summed E-state index contributed by atoms with van der Waals surface area (Å²) in [4.78, 5) is 11.8. The quantitative estimate of drug-likeness (QED) is 0.887. The topological polar surface area (TPSA) is 76.3 Å². The van der Waals surface area contributed by atoms with E-state index in [4.69, 9.17) is 10.5 Å². The number of nitrogens with zero attached hydrogens (tertiary/aromatic N) is 3. The number of morpholine rings is 1. The summed E-state index contributed by atoms with van der Waals surface area (Å²) in [6.45, 7) is 6.74. The average Bonchev–Trinajstić information content (AvgIpc) is 2.93. The zero-order chi connectivity index (χ0) is 13.9. The van der Waals surface area contributed by atoms with Gasteiger partial charge in [-0.15, -0.1) is 11.3 Å². The van der Waals surface area contributed by atoms with Crippen molar-refractivity contribution in [1.29, 1.82) is 0 Å². The first-order valence-corrected chi connectivity index (χ1v) is 7.72. The van der Waals surface area contributed by atoms with Gasteiger partial charge in [0.05, 0.1) is 18.1 Å². The van der Waals surface area contributed by atoms with Crippen LogP contribution in [0, 0.1) is 0 Å². The molecule has 20 heavy (non-hydrogen) atoms. The largest absolute Gasteiger partial charge is 0.374 e. The molecule has 0 bridgehead atoms. The molecular formula is C13H19N5OS. The first-order valence-electron chi connectivity index (χ1n) is 6.85. The molecule has 1 aliphatic heterocycles. The number of nitrogens with one attached hydrogen (secondary N) is 1. The maximum absolute atomic E-state index is 5.78. The van der Waals surface area contributed by atoms with Gasteiger partial charge in [0, 0.05) is 19.6 Å². The van der Waals surface area contributed by atoms with Crippen LogP contribution in [-0.4, -0.2) is 53.8 Å². The fourth-order valence-electron chi connectivity index (χ4n) is 2.41. The molecule has 0 aliphatic carbocycles. The Labute approximate surface area is 122 Å². The van der Waals surface area contributed by atoms with Crippen LogP contribution in [-0.2, 0) is 4.74 Å². The normalized spacial score (nSPS) is 20.4. The van der Waals surface area contributed by atoms with E-state index in [1.807, 2.05) is 11.4 Å². The van der Waals surface area contributed by atoms with Crippen molar-refractivity contribution in [3.63, 3.8) is 0 Å². The van der Waals surface area contributed by atoms with Crippen LogP contribution in [0.1, 0.15) is 6.92 Å². The van der Waals surface area contributed by atoms with E-state index in [2.05, 4.69) is 27.1 Å². The molecule has 3 N–H and O–H groups in total. The van der Waals surface area contributed by atoms with E-state index in [1.165, 1.54) is 0 Å². The molecule has 7 heteroatoms. The van der Waals surface area contributed by atoms with Gasteiger partial charge in [0.25, 0.3) is 0 Å². The Kier molecular flexibility index (Phi) is 4.00. The van der Waals surface area contributed by atoms with Crippen LogP contribution in [0.3, 0.4) is 0 Å². The second kappa shape index (κ2) is 5.90. The summed E-state index contributed by atoms with van der Waals surface area (Å²) in [6, 6.07) is 2.02. The predicted octanol–water partition coefficient (Wildman–Crippen LogP) is 1.41. The van der Waals surface area contributed by atoms with E-state index in [9.17, 15) is 0 Å². The molecule has 2 aromatic heterocycles. The SMILES string of the molecule is CCN1CCOC(CNc2nc(N)nc3sccc23)C1. The van der Waals surface area contributed by atoms with Crippen LogP contribution >= 0.6 is 11.3 Å². The van der Waals surface area contributed by atoms with Crippen LogP contribution in [0.15, 0.2) is 11.4 Å². The first-order chi connectivity index (χ1) is 9.76. The van der Waals surface area contributed by atoms with Crippen molar-refractivity contribution in [3.8, 4) is 0 Å². The number of hydrogen-bond donors (Lipinski definition) is 2. The molecule has 1 unspecified atom stereocenters. The third-order valence-corrected chi connectivity index (χ3v) is 4.32. The number of fused-ring (bicyclic) bond motifs is 1. The Balaban J connectivity index is 1.69. The van der Waals surface area contributed by atoms with Crippen molar-refractivity contribution >= 4 is 33.3 Å². The summed E-state index contributed by atoms with van der Waals surface area (Å²) < 4.78 is 5.78. The van der Waals surface area contributed by atoms with Crippen molar-refractivity contribution in [2.45, 2.75) is 13.0 Å². The monoisotopic (exact) mass is 293 g/mol. The van der Waals surface area contributed by atoms with Crippen LogP contribution in [0.2, 0.25) is 0 Å². The molecule has 1 aliphatic rings. The lowest BCUT2D eigenvalue weighted by molar-refractivity contribution is -0.0192. The number of nitrogen functional groups attached to an aromatic ring is 1. The van der Waals surface area contributed by atoms with Gasteiger partial charge in [0.2, 0.25) is 5.95 Å². The Morgan fingerprint density at radius 3 is 3.30 bits per heavy atom. The van der Waals surface area contributed by atoms with Gasteiger partial charge in [-0.2, -0.15) is 4.98 Å². The Hall–Kier alpha value is -1.44. The minimum absolute atomic E-state index is 0.188. The minimum atomic E-state index is 0.188. The minimum Gasteiger partial charge on any atom is -0.374 e. The number of anilines is 2. The van der Waals surface area contributed by atoms with E-state index in [-0.39, 0.29) is 6.10 Å². The van der Waals surface area contributed by atoms with Gasteiger partial charge < -0.3 is 15.8 Å². The first kappa shape index (κ1) is 13.5. The molecule has 3 heterocycles.